The first-order valence-electron chi connectivity index (χ1n) is 6.87. The van der Waals surface area contributed by atoms with E-state index in [1.807, 2.05) is 0 Å². The van der Waals surface area contributed by atoms with Gasteiger partial charge in [0.1, 0.15) is 28.5 Å². The molecule has 1 aromatic heterocycles. The second-order valence-corrected chi connectivity index (χ2v) is 5.13. The summed E-state index contributed by atoms with van der Waals surface area (Å²) in [7, 11) is 0.933. The van der Waals surface area contributed by atoms with Crippen molar-refractivity contribution in [3.8, 4) is 16.9 Å². The Morgan fingerprint density at radius 3 is 2.15 bits per heavy atom. The minimum absolute atomic E-state index is 0.154. The minimum Gasteiger partial charge on any atom is -0.496 e. The molecule has 144 valence electrons. The largest absolute Gasteiger partial charge is 0.496 e. The fourth-order valence-corrected chi connectivity index (χ4v) is 2.45. The molecule has 27 heavy (non-hydrogen) atoms. The monoisotopic (exact) mass is 390 g/mol. The SMILES string of the molecule is COc1cc(F)c(C(F)(F)F)cc1-c1c(C(=O)O)c(N)[nH]c(=O)c1C(=O)O. The van der Waals surface area contributed by atoms with Gasteiger partial charge in [-0.1, -0.05) is 0 Å². The topological polar surface area (TPSA) is 143 Å². The van der Waals surface area contributed by atoms with Crippen LogP contribution in [0.25, 0.3) is 11.1 Å². The minimum atomic E-state index is -5.19. The summed E-state index contributed by atoms with van der Waals surface area (Å²) >= 11 is 0. The highest BCUT2D eigenvalue weighted by Crippen LogP contribution is 2.41. The van der Waals surface area contributed by atoms with Crippen LogP contribution in [-0.2, 0) is 6.18 Å². The smallest absolute Gasteiger partial charge is 0.419 e. The summed E-state index contributed by atoms with van der Waals surface area (Å²) in [6.45, 7) is 0. The number of benzene rings is 1. The van der Waals surface area contributed by atoms with Gasteiger partial charge in [-0.2, -0.15) is 13.2 Å². The number of alkyl halides is 3. The normalized spacial score (nSPS) is 11.3. The van der Waals surface area contributed by atoms with E-state index in [-0.39, 0.29) is 6.07 Å². The number of carboxylic acids is 2. The number of carbonyl (C=O) groups is 2. The number of aromatic carboxylic acids is 2. The predicted molar refractivity (Wildman–Crippen MR) is 82.3 cm³/mol. The first-order valence-corrected chi connectivity index (χ1v) is 6.87. The number of hydrogen-bond acceptors (Lipinski definition) is 5. The molecule has 0 fully saturated rings. The molecule has 1 aromatic carbocycles. The molecule has 0 aliphatic carbocycles. The maximum atomic E-state index is 13.8. The summed E-state index contributed by atoms with van der Waals surface area (Å²) in [5.41, 5.74) is -1.67. The standard InChI is InChI=1S/C15H10F4N2O6/c1-27-7-3-6(16)5(15(17,18)19)2-4(7)8-9(13(23)24)11(20)21-12(22)10(8)14(25)26/h2-3H,1H3,(H,23,24)(H,25,26)(H3,20,21,22). The molecule has 0 aliphatic heterocycles. The molecule has 0 aliphatic rings. The van der Waals surface area contributed by atoms with Crippen LogP contribution in [0.5, 0.6) is 5.75 Å². The Morgan fingerprint density at radius 2 is 1.70 bits per heavy atom. The number of hydrogen-bond donors (Lipinski definition) is 4. The molecule has 0 spiro atoms. The number of halogens is 4. The lowest BCUT2D eigenvalue weighted by atomic mass is 9.93. The molecule has 1 heterocycles. The molecule has 0 unspecified atom stereocenters. The van der Waals surface area contributed by atoms with E-state index in [1.165, 1.54) is 0 Å². The average molecular weight is 390 g/mol. The van der Waals surface area contributed by atoms with Crippen molar-refractivity contribution >= 4 is 17.8 Å². The van der Waals surface area contributed by atoms with E-state index in [4.69, 9.17) is 10.5 Å². The van der Waals surface area contributed by atoms with E-state index in [0.717, 1.165) is 7.11 Å². The van der Waals surface area contributed by atoms with Crippen LogP contribution in [0.1, 0.15) is 26.3 Å². The van der Waals surface area contributed by atoms with Crippen LogP contribution < -0.4 is 16.0 Å². The molecule has 8 nitrogen and oxygen atoms in total. The number of H-pyrrole nitrogens is 1. The van der Waals surface area contributed by atoms with Crippen molar-refractivity contribution in [2.24, 2.45) is 0 Å². The van der Waals surface area contributed by atoms with Crippen LogP contribution in [0.4, 0.5) is 23.4 Å². The highest BCUT2D eigenvalue weighted by molar-refractivity contribution is 6.08. The number of nitrogens with two attached hydrogens (primary N) is 1. The van der Waals surface area contributed by atoms with Gasteiger partial charge in [0.2, 0.25) is 0 Å². The van der Waals surface area contributed by atoms with Gasteiger partial charge in [-0.3, -0.25) is 4.79 Å². The van der Waals surface area contributed by atoms with Gasteiger partial charge in [-0.15, -0.1) is 0 Å². The van der Waals surface area contributed by atoms with Gasteiger partial charge in [0.15, 0.2) is 0 Å². The van der Waals surface area contributed by atoms with Gasteiger partial charge in [0, 0.05) is 17.2 Å². The van der Waals surface area contributed by atoms with E-state index in [1.54, 1.807) is 4.98 Å². The van der Waals surface area contributed by atoms with Crippen LogP contribution in [0.3, 0.4) is 0 Å². The number of nitrogens with one attached hydrogen (secondary N) is 1. The van der Waals surface area contributed by atoms with Crippen LogP contribution in [-0.4, -0.2) is 34.2 Å². The highest BCUT2D eigenvalue weighted by Gasteiger charge is 2.37. The maximum absolute atomic E-state index is 13.8. The third kappa shape index (κ3) is 3.41. The van der Waals surface area contributed by atoms with Gasteiger partial charge in [-0.05, 0) is 6.07 Å². The van der Waals surface area contributed by atoms with Gasteiger partial charge >= 0.3 is 18.1 Å². The zero-order valence-electron chi connectivity index (χ0n) is 13.3. The third-order valence-corrected chi connectivity index (χ3v) is 3.54. The summed E-state index contributed by atoms with van der Waals surface area (Å²) in [6, 6.07) is 0.452. The van der Waals surface area contributed by atoms with Gasteiger partial charge in [-0.25, -0.2) is 14.0 Å². The van der Waals surface area contributed by atoms with Crippen LogP contribution >= 0.6 is 0 Å². The lowest BCUT2D eigenvalue weighted by Crippen LogP contribution is -2.24. The number of ether oxygens (including phenoxy) is 1. The van der Waals surface area contributed by atoms with Crippen molar-refractivity contribution in [1.29, 1.82) is 0 Å². The number of rotatable bonds is 4. The number of carboxylic acid groups (broad SMARTS) is 2. The third-order valence-electron chi connectivity index (χ3n) is 3.54. The van der Waals surface area contributed by atoms with Crippen molar-refractivity contribution in [3.63, 3.8) is 0 Å². The Balaban J connectivity index is 3.12. The number of nitrogen functional groups attached to an aromatic ring is 1. The summed E-state index contributed by atoms with van der Waals surface area (Å²) in [6.07, 6.45) is -5.19. The molecule has 0 saturated carbocycles. The first-order chi connectivity index (χ1) is 12.4. The number of aromatic amines is 1. The molecule has 2 aromatic rings. The molecule has 0 amide bonds. The zero-order chi connectivity index (χ0) is 20.7. The fraction of sp³-hybridized carbons (Fsp3) is 0.133. The summed E-state index contributed by atoms with van der Waals surface area (Å²) in [4.78, 5) is 36.7. The molecule has 0 bridgehead atoms. The number of aromatic nitrogens is 1. The van der Waals surface area contributed by atoms with Gasteiger partial charge < -0.3 is 25.7 Å². The van der Waals surface area contributed by atoms with E-state index in [0.29, 0.717) is 6.07 Å². The van der Waals surface area contributed by atoms with E-state index in [9.17, 15) is 42.2 Å². The fourth-order valence-electron chi connectivity index (χ4n) is 2.45. The Bertz CT molecular complexity index is 1010. The average Bonchev–Trinajstić information content (AvgIpc) is 2.51. The van der Waals surface area contributed by atoms with Gasteiger partial charge in [0.05, 0.1) is 12.7 Å². The van der Waals surface area contributed by atoms with Gasteiger partial charge in [0.25, 0.3) is 5.56 Å². The highest BCUT2D eigenvalue weighted by atomic mass is 19.4. The summed E-state index contributed by atoms with van der Waals surface area (Å²) < 4.78 is 57.7. The predicted octanol–water partition coefficient (Wildman–Crippen LogP) is 2.19. The molecular formula is C15H10F4N2O6. The lowest BCUT2D eigenvalue weighted by Gasteiger charge is -2.17. The molecule has 12 heteroatoms. The van der Waals surface area contributed by atoms with E-state index in [2.05, 4.69) is 0 Å². The van der Waals surface area contributed by atoms with Crippen molar-refractivity contribution < 1.29 is 42.1 Å². The molecule has 0 atom stereocenters. The molecule has 5 N–H and O–H groups in total. The molecular weight excluding hydrogens is 380 g/mol. The molecule has 2 rings (SSSR count). The first kappa shape index (κ1) is 19.8. The van der Waals surface area contributed by atoms with Crippen molar-refractivity contribution in [2.45, 2.75) is 6.18 Å². The van der Waals surface area contributed by atoms with Crippen molar-refractivity contribution in [1.82, 2.24) is 4.98 Å². The van der Waals surface area contributed by atoms with Crippen molar-refractivity contribution in [2.75, 3.05) is 12.8 Å². The zero-order valence-corrected chi connectivity index (χ0v) is 13.3. The Hall–Kier alpha value is -3.57. The van der Waals surface area contributed by atoms with Crippen LogP contribution in [0, 0.1) is 5.82 Å². The van der Waals surface area contributed by atoms with Crippen molar-refractivity contribution in [3.05, 3.63) is 45.0 Å². The van der Waals surface area contributed by atoms with E-state index < -0.39 is 68.9 Å². The summed E-state index contributed by atoms with van der Waals surface area (Å²) in [5, 5.41) is 18.6. The van der Waals surface area contributed by atoms with Crippen LogP contribution in [0.15, 0.2) is 16.9 Å². The van der Waals surface area contributed by atoms with E-state index >= 15 is 0 Å². The lowest BCUT2D eigenvalue weighted by molar-refractivity contribution is -0.139. The molecule has 0 radical (unpaired) electrons. The van der Waals surface area contributed by atoms with Crippen LogP contribution in [0.2, 0.25) is 0 Å². The number of anilines is 1. The Labute approximate surface area is 146 Å². The maximum Gasteiger partial charge on any atom is 0.419 e. The number of pyridine rings is 1. The summed E-state index contributed by atoms with van der Waals surface area (Å²) in [5.74, 6) is -6.94. The molecule has 0 saturated heterocycles. The Morgan fingerprint density at radius 1 is 1.15 bits per heavy atom. The quantitative estimate of drug-likeness (QED) is 0.586. The second kappa shape index (κ2) is 6.63. The Kier molecular flexibility index (Phi) is 4.85. The second-order valence-electron chi connectivity index (χ2n) is 5.13. The number of methoxy groups -OCH3 is 1.